The van der Waals surface area contributed by atoms with E-state index in [-0.39, 0.29) is 24.9 Å². The smallest absolute Gasteiger partial charge is 0.320 e. The Hall–Kier alpha value is -1.10. The predicted molar refractivity (Wildman–Crippen MR) is 55.6 cm³/mol. The van der Waals surface area contributed by atoms with Gasteiger partial charge in [0.2, 0.25) is 0 Å². The lowest BCUT2D eigenvalue weighted by atomic mass is 10.1. The van der Waals surface area contributed by atoms with E-state index in [2.05, 4.69) is 10.1 Å². The number of ether oxygens (including phenoxy) is 1. The fraction of sp³-hybridized carbons (Fsp3) is 0.800. The highest BCUT2D eigenvalue weighted by atomic mass is 16.5. The number of carbonyl (C=O) groups excluding carboxylic acids is 1. The Kier molecular flexibility index (Phi) is 6.70. The Labute approximate surface area is 89.8 Å². The molecule has 88 valence electrons. The minimum absolute atomic E-state index is 0.122. The van der Waals surface area contributed by atoms with E-state index < -0.39 is 12.0 Å². The van der Waals surface area contributed by atoms with Crippen molar-refractivity contribution in [1.29, 1.82) is 0 Å². The van der Waals surface area contributed by atoms with Gasteiger partial charge < -0.3 is 15.2 Å². The highest BCUT2D eigenvalue weighted by molar-refractivity contribution is 5.75. The van der Waals surface area contributed by atoms with Gasteiger partial charge in [-0.05, 0) is 19.8 Å². The van der Waals surface area contributed by atoms with E-state index in [1.807, 2.05) is 13.8 Å². The molecule has 0 saturated carbocycles. The van der Waals surface area contributed by atoms with Gasteiger partial charge in [0.25, 0.3) is 0 Å². The van der Waals surface area contributed by atoms with Crippen molar-refractivity contribution >= 4 is 11.9 Å². The molecule has 0 amide bonds. The summed E-state index contributed by atoms with van der Waals surface area (Å²) in [6, 6.07) is -0.553. The van der Waals surface area contributed by atoms with Crippen molar-refractivity contribution in [3.8, 4) is 0 Å². The van der Waals surface area contributed by atoms with Gasteiger partial charge in [-0.15, -0.1) is 0 Å². The van der Waals surface area contributed by atoms with Crippen LogP contribution in [0.3, 0.4) is 0 Å². The number of carbonyl (C=O) groups is 2. The zero-order valence-corrected chi connectivity index (χ0v) is 9.45. The summed E-state index contributed by atoms with van der Waals surface area (Å²) < 4.78 is 4.45. The second-order valence-electron chi connectivity index (χ2n) is 3.48. The third-order valence-electron chi connectivity index (χ3n) is 2.26. The molecule has 0 heterocycles. The molecule has 2 atom stereocenters. The zero-order valence-electron chi connectivity index (χ0n) is 9.45. The molecule has 0 aromatic carbocycles. The van der Waals surface area contributed by atoms with Crippen LogP contribution in [0, 0.1) is 0 Å². The largest absolute Gasteiger partial charge is 0.480 e. The summed E-state index contributed by atoms with van der Waals surface area (Å²) in [6.07, 6.45) is 1.23. The average molecular weight is 217 g/mol. The number of aliphatic carboxylic acids is 1. The van der Waals surface area contributed by atoms with Crippen molar-refractivity contribution in [2.45, 2.75) is 45.2 Å². The van der Waals surface area contributed by atoms with Gasteiger partial charge in [-0.25, -0.2) is 0 Å². The van der Waals surface area contributed by atoms with E-state index in [9.17, 15) is 9.59 Å². The van der Waals surface area contributed by atoms with Crippen LogP contribution in [0.2, 0.25) is 0 Å². The van der Waals surface area contributed by atoms with Crippen LogP contribution in [0.5, 0.6) is 0 Å². The predicted octanol–water partition coefficient (Wildman–Crippen LogP) is 0.781. The van der Waals surface area contributed by atoms with E-state index >= 15 is 0 Å². The lowest BCUT2D eigenvalue weighted by molar-refractivity contribution is -0.142. The third kappa shape index (κ3) is 6.06. The standard InChI is InChI=1S/C10H19NO4/c1-4-7(2)11-8(10(13)14)5-6-9(12)15-3/h7-8,11H,4-6H2,1-3H3,(H,13,14). The average Bonchev–Trinajstić information content (AvgIpc) is 2.22. The Morgan fingerprint density at radius 1 is 1.47 bits per heavy atom. The molecule has 0 rings (SSSR count). The number of nitrogens with one attached hydrogen (secondary N) is 1. The number of carboxylic acid groups (broad SMARTS) is 1. The van der Waals surface area contributed by atoms with Gasteiger partial charge >= 0.3 is 11.9 Å². The van der Waals surface area contributed by atoms with E-state index in [0.29, 0.717) is 0 Å². The SMILES string of the molecule is CCC(C)NC(CCC(=O)OC)C(=O)O. The van der Waals surface area contributed by atoms with E-state index in [4.69, 9.17) is 5.11 Å². The molecule has 15 heavy (non-hydrogen) atoms. The molecule has 0 aliphatic rings. The molecule has 0 radical (unpaired) electrons. The van der Waals surface area contributed by atoms with Crippen molar-refractivity contribution in [3.63, 3.8) is 0 Å². The van der Waals surface area contributed by atoms with Crippen molar-refractivity contribution < 1.29 is 19.4 Å². The second-order valence-corrected chi connectivity index (χ2v) is 3.48. The fourth-order valence-corrected chi connectivity index (χ4v) is 1.10. The molecule has 0 fully saturated rings. The third-order valence-corrected chi connectivity index (χ3v) is 2.26. The minimum Gasteiger partial charge on any atom is -0.480 e. The molecular weight excluding hydrogens is 198 g/mol. The molecule has 0 aromatic heterocycles. The van der Waals surface area contributed by atoms with E-state index in [0.717, 1.165) is 6.42 Å². The summed E-state index contributed by atoms with van der Waals surface area (Å²) in [5, 5.41) is 11.8. The summed E-state index contributed by atoms with van der Waals surface area (Å²) >= 11 is 0. The van der Waals surface area contributed by atoms with Gasteiger partial charge in [0.15, 0.2) is 0 Å². The van der Waals surface area contributed by atoms with Gasteiger partial charge in [0, 0.05) is 12.5 Å². The highest BCUT2D eigenvalue weighted by Crippen LogP contribution is 2.02. The molecule has 0 aliphatic carbocycles. The van der Waals surface area contributed by atoms with Crippen LogP contribution in [-0.2, 0) is 14.3 Å². The Balaban J connectivity index is 4.05. The number of rotatable bonds is 7. The lowest BCUT2D eigenvalue weighted by Gasteiger charge is -2.18. The molecule has 0 aliphatic heterocycles. The fourth-order valence-electron chi connectivity index (χ4n) is 1.10. The number of hydrogen-bond donors (Lipinski definition) is 2. The van der Waals surface area contributed by atoms with Crippen LogP contribution in [-0.4, -0.2) is 36.2 Å². The van der Waals surface area contributed by atoms with Crippen molar-refractivity contribution in [1.82, 2.24) is 5.32 Å². The number of methoxy groups -OCH3 is 1. The molecule has 0 spiro atoms. The van der Waals surface area contributed by atoms with Crippen LogP contribution in [0.15, 0.2) is 0 Å². The molecule has 2 unspecified atom stereocenters. The summed E-state index contributed by atoms with van der Waals surface area (Å²) in [5.74, 6) is -1.31. The molecule has 0 aromatic rings. The highest BCUT2D eigenvalue weighted by Gasteiger charge is 2.19. The quantitative estimate of drug-likeness (QED) is 0.616. The van der Waals surface area contributed by atoms with Crippen molar-refractivity contribution in [2.24, 2.45) is 0 Å². The number of esters is 1. The summed E-state index contributed by atoms with van der Waals surface area (Å²) in [4.78, 5) is 21.7. The monoisotopic (exact) mass is 217 g/mol. The maximum absolute atomic E-state index is 10.9. The molecule has 5 nitrogen and oxygen atoms in total. The maximum atomic E-state index is 10.9. The van der Waals surface area contributed by atoms with Gasteiger partial charge in [-0.3, -0.25) is 9.59 Å². The maximum Gasteiger partial charge on any atom is 0.320 e. The van der Waals surface area contributed by atoms with Crippen molar-refractivity contribution in [2.75, 3.05) is 7.11 Å². The van der Waals surface area contributed by atoms with Gasteiger partial charge in [0.05, 0.1) is 7.11 Å². The molecule has 0 bridgehead atoms. The second kappa shape index (κ2) is 7.23. The van der Waals surface area contributed by atoms with Crippen LogP contribution in [0.1, 0.15) is 33.1 Å². The summed E-state index contributed by atoms with van der Waals surface area (Å²) in [6.45, 7) is 3.88. The van der Waals surface area contributed by atoms with Crippen LogP contribution in [0.4, 0.5) is 0 Å². The first-order valence-electron chi connectivity index (χ1n) is 5.06. The van der Waals surface area contributed by atoms with E-state index in [1.165, 1.54) is 7.11 Å². The van der Waals surface area contributed by atoms with Crippen LogP contribution in [0.25, 0.3) is 0 Å². The van der Waals surface area contributed by atoms with Crippen LogP contribution < -0.4 is 5.32 Å². The lowest BCUT2D eigenvalue weighted by Crippen LogP contribution is -2.42. The summed E-state index contributed by atoms with van der Waals surface area (Å²) in [7, 11) is 1.29. The first-order chi connectivity index (χ1) is 7.01. The Morgan fingerprint density at radius 3 is 2.47 bits per heavy atom. The topological polar surface area (TPSA) is 75.6 Å². The minimum atomic E-state index is -0.931. The normalized spacial score (nSPS) is 14.3. The zero-order chi connectivity index (χ0) is 11.8. The molecule has 2 N–H and O–H groups in total. The molecular formula is C10H19NO4. The Morgan fingerprint density at radius 2 is 2.07 bits per heavy atom. The number of carboxylic acids is 1. The van der Waals surface area contributed by atoms with Gasteiger partial charge in [-0.1, -0.05) is 6.92 Å². The van der Waals surface area contributed by atoms with E-state index in [1.54, 1.807) is 0 Å². The summed E-state index contributed by atoms with van der Waals surface area (Å²) in [5.41, 5.74) is 0. The first kappa shape index (κ1) is 13.9. The van der Waals surface area contributed by atoms with Crippen molar-refractivity contribution in [3.05, 3.63) is 0 Å². The first-order valence-corrected chi connectivity index (χ1v) is 5.06. The molecule has 5 heteroatoms. The number of hydrogen-bond acceptors (Lipinski definition) is 4. The Bertz CT molecular complexity index is 217. The van der Waals surface area contributed by atoms with Gasteiger partial charge in [0.1, 0.15) is 6.04 Å². The van der Waals surface area contributed by atoms with Crippen LogP contribution >= 0.6 is 0 Å². The van der Waals surface area contributed by atoms with Gasteiger partial charge in [-0.2, -0.15) is 0 Å². The molecule has 0 saturated heterocycles.